The Kier molecular flexibility index (Phi) is 5.79. The van der Waals surface area contributed by atoms with Crippen LogP contribution in [0.5, 0.6) is 0 Å². The van der Waals surface area contributed by atoms with Crippen LogP contribution >= 0.6 is 0 Å². The molecule has 1 aromatic heterocycles. The molecule has 0 unspecified atom stereocenters. The third-order valence-corrected chi connectivity index (χ3v) is 4.69. The van der Waals surface area contributed by atoms with Gasteiger partial charge in [0.1, 0.15) is 12.1 Å². The van der Waals surface area contributed by atoms with Gasteiger partial charge in [0.25, 0.3) is 0 Å². The molecule has 1 aromatic carbocycles. The molecular weight excluding hydrogens is 314 g/mol. The SMILES string of the molecule is Cc1ccc(CN[C@@H](C(=O)N2CCCC2)[C@@H](O)c2ccncc2)cc1. The Balaban J connectivity index is 1.75. The van der Waals surface area contributed by atoms with E-state index in [4.69, 9.17) is 0 Å². The molecule has 1 aliphatic heterocycles. The molecule has 1 fully saturated rings. The third kappa shape index (κ3) is 4.44. The zero-order valence-corrected chi connectivity index (χ0v) is 14.6. The number of aromatic nitrogens is 1. The van der Waals surface area contributed by atoms with Crippen LogP contribution in [-0.2, 0) is 11.3 Å². The van der Waals surface area contributed by atoms with Crippen LogP contribution in [0.3, 0.4) is 0 Å². The summed E-state index contributed by atoms with van der Waals surface area (Å²) < 4.78 is 0. The highest BCUT2D eigenvalue weighted by atomic mass is 16.3. The number of nitrogens with one attached hydrogen (secondary N) is 1. The first-order chi connectivity index (χ1) is 12.1. The average molecular weight is 339 g/mol. The molecule has 5 heteroatoms. The fraction of sp³-hybridized carbons (Fsp3) is 0.400. The predicted octanol–water partition coefficient (Wildman–Crippen LogP) is 2.20. The lowest BCUT2D eigenvalue weighted by Gasteiger charge is -2.28. The summed E-state index contributed by atoms with van der Waals surface area (Å²) in [6.07, 6.45) is 4.43. The standard InChI is InChI=1S/C20H25N3O2/c1-15-4-6-16(7-5-15)14-22-18(20(25)23-12-2-3-13-23)19(24)17-8-10-21-11-9-17/h4-11,18-19,22,24H,2-3,12-14H2,1H3/t18-,19+/m1/s1. The normalized spacial score (nSPS) is 16.6. The van der Waals surface area contributed by atoms with Crippen molar-refractivity contribution in [3.05, 3.63) is 65.5 Å². The van der Waals surface area contributed by atoms with Gasteiger partial charge in [-0.2, -0.15) is 0 Å². The lowest BCUT2D eigenvalue weighted by Crippen LogP contribution is -2.48. The highest BCUT2D eigenvalue weighted by Crippen LogP contribution is 2.20. The zero-order valence-electron chi connectivity index (χ0n) is 14.6. The van der Waals surface area contributed by atoms with Gasteiger partial charge in [0.15, 0.2) is 0 Å². The molecule has 0 saturated carbocycles. The van der Waals surface area contributed by atoms with Crippen molar-refractivity contribution in [3.63, 3.8) is 0 Å². The summed E-state index contributed by atoms with van der Waals surface area (Å²) in [6, 6.07) is 11.0. The summed E-state index contributed by atoms with van der Waals surface area (Å²) >= 11 is 0. The molecule has 25 heavy (non-hydrogen) atoms. The Labute approximate surface area is 148 Å². The summed E-state index contributed by atoms with van der Waals surface area (Å²) in [4.78, 5) is 18.8. The number of benzene rings is 1. The molecule has 2 aromatic rings. The molecule has 1 saturated heterocycles. The van der Waals surface area contributed by atoms with E-state index in [-0.39, 0.29) is 5.91 Å². The van der Waals surface area contributed by atoms with Crippen LogP contribution in [0.15, 0.2) is 48.8 Å². The van der Waals surface area contributed by atoms with E-state index >= 15 is 0 Å². The fourth-order valence-electron chi connectivity index (χ4n) is 3.16. The van der Waals surface area contributed by atoms with Gasteiger partial charge in [-0.3, -0.25) is 15.1 Å². The Morgan fingerprint density at radius 1 is 1.16 bits per heavy atom. The van der Waals surface area contributed by atoms with Gasteiger partial charge in [-0.05, 0) is 43.0 Å². The first-order valence-electron chi connectivity index (χ1n) is 8.81. The Morgan fingerprint density at radius 3 is 2.44 bits per heavy atom. The van der Waals surface area contributed by atoms with Crippen LogP contribution in [0.2, 0.25) is 0 Å². The fourth-order valence-corrected chi connectivity index (χ4v) is 3.16. The summed E-state index contributed by atoms with van der Waals surface area (Å²) in [7, 11) is 0. The van der Waals surface area contributed by atoms with Gasteiger partial charge in [-0.1, -0.05) is 29.8 Å². The van der Waals surface area contributed by atoms with Crippen molar-refractivity contribution in [2.75, 3.05) is 13.1 Å². The highest BCUT2D eigenvalue weighted by molar-refractivity contribution is 5.83. The van der Waals surface area contributed by atoms with Crippen LogP contribution in [0, 0.1) is 6.92 Å². The maximum Gasteiger partial charge on any atom is 0.242 e. The second-order valence-electron chi connectivity index (χ2n) is 6.60. The molecule has 0 aliphatic carbocycles. The van der Waals surface area contributed by atoms with Crippen molar-refractivity contribution in [2.24, 2.45) is 0 Å². The number of nitrogens with zero attached hydrogens (tertiary/aromatic N) is 2. The van der Waals surface area contributed by atoms with Gasteiger partial charge in [0.2, 0.25) is 5.91 Å². The predicted molar refractivity (Wildman–Crippen MR) is 96.8 cm³/mol. The quantitative estimate of drug-likeness (QED) is 0.847. The molecule has 1 amide bonds. The molecule has 0 radical (unpaired) electrons. The largest absolute Gasteiger partial charge is 0.386 e. The summed E-state index contributed by atoms with van der Waals surface area (Å²) in [5, 5.41) is 14.1. The molecular formula is C20H25N3O2. The van der Waals surface area contributed by atoms with Crippen LogP contribution in [0.1, 0.15) is 35.6 Å². The van der Waals surface area contributed by atoms with Crippen molar-refractivity contribution in [3.8, 4) is 0 Å². The van der Waals surface area contributed by atoms with Crippen molar-refractivity contribution in [1.29, 1.82) is 0 Å². The topological polar surface area (TPSA) is 65.5 Å². The monoisotopic (exact) mass is 339 g/mol. The number of carbonyl (C=O) groups is 1. The van der Waals surface area contributed by atoms with Crippen molar-refractivity contribution in [2.45, 2.75) is 38.5 Å². The van der Waals surface area contributed by atoms with Crippen molar-refractivity contribution < 1.29 is 9.90 Å². The summed E-state index contributed by atoms with van der Waals surface area (Å²) in [6.45, 7) is 4.12. The highest BCUT2D eigenvalue weighted by Gasteiger charge is 2.32. The number of pyridine rings is 1. The number of hydrogen-bond donors (Lipinski definition) is 2. The second kappa shape index (κ2) is 8.23. The van der Waals surface area contributed by atoms with Crippen LogP contribution in [0.4, 0.5) is 0 Å². The minimum absolute atomic E-state index is 0.0334. The minimum Gasteiger partial charge on any atom is -0.386 e. The number of likely N-dealkylation sites (tertiary alicyclic amines) is 1. The van der Waals surface area contributed by atoms with Gasteiger partial charge < -0.3 is 10.0 Å². The maximum absolute atomic E-state index is 12.9. The number of rotatable bonds is 6. The van der Waals surface area contributed by atoms with E-state index in [0.29, 0.717) is 12.1 Å². The molecule has 1 aliphatic rings. The van der Waals surface area contributed by atoms with Gasteiger partial charge in [0.05, 0.1) is 0 Å². The zero-order chi connectivity index (χ0) is 17.6. The van der Waals surface area contributed by atoms with E-state index in [0.717, 1.165) is 31.5 Å². The number of amides is 1. The molecule has 2 heterocycles. The van der Waals surface area contributed by atoms with Crippen LogP contribution in [-0.4, -0.2) is 40.0 Å². The Bertz CT molecular complexity index is 682. The van der Waals surface area contributed by atoms with E-state index in [9.17, 15) is 9.90 Å². The molecule has 2 N–H and O–H groups in total. The molecule has 2 atom stereocenters. The van der Waals surface area contributed by atoms with Gasteiger partial charge in [-0.15, -0.1) is 0 Å². The first-order valence-corrected chi connectivity index (χ1v) is 8.81. The lowest BCUT2D eigenvalue weighted by atomic mass is 10.0. The molecule has 0 bridgehead atoms. The van der Waals surface area contributed by atoms with Gasteiger partial charge in [0, 0.05) is 32.0 Å². The molecule has 3 rings (SSSR count). The van der Waals surface area contributed by atoms with Crippen molar-refractivity contribution >= 4 is 5.91 Å². The van der Waals surface area contributed by atoms with Crippen molar-refractivity contribution in [1.82, 2.24) is 15.2 Å². The molecule has 132 valence electrons. The van der Waals surface area contributed by atoms with Gasteiger partial charge in [-0.25, -0.2) is 0 Å². The van der Waals surface area contributed by atoms with E-state index in [2.05, 4.69) is 10.3 Å². The van der Waals surface area contributed by atoms with E-state index < -0.39 is 12.1 Å². The van der Waals surface area contributed by atoms with E-state index in [1.54, 1.807) is 24.5 Å². The number of carbonyl (C=O) groups excluding carboxylic acids is 1. The molecule has 5 nitrogen and oxygen atoms in total. The number of aliphatic hydroxyl groups is 1. The second-order valence-corrected chi connectivity index (χ2v) is 6.60. The molecule has 0 spiro atoms. The number of hydrogen-bond acceptors (Lipinski definition) is 4. The van der Waals surface area contributed by atoms with Gasteiger partial charge >= 0.3 is 0 Å². The van der Waals surface area contributed by atoms with Crippen LogP contribution < -0.4 is 5.32 Å². The minimum atomic E-state index is -0.901. The summed E-state index contributed by atoms with van der Waals surface area (Å²) in [5.41, 5.74) is 2.99. The smallest absolute Gasteiger partial charge is 0.242 e. The van der Waals surface area contributed by atoms with E-state index in [1.165, 1.54) is 5.56 Å². The Hall–Kier alpha value is -2.24. The maximum atomic E-state index is 12.9. The average Bonchev–Trinajstić information content (AvgIpc) is 3.18. The van der Waals surface area contributed by atoms with Crippen LogP contribution in [0.25, 0.3) is 0 Å². The summed E-state index contributed by atoms with van der Waals surface area (Å²) in [5.74, 6) is -0.0334. The third-order valence-electron chi connectivity index (χ3n) is 4.69. The Morgan fingerprint density at radius 2 is 1.80 bits per heavy atom. The number of aliphatic hydroxyl groups excluding tert-OH is 1. The van der Waals surface area contributed by atoms with E-state index in [1.807, 2.05) is 36.1 Å². The number of aryl methyl sites for hydroxylation is 1. The first kappa shape index (κ1) is 17.6. The lowest BCUT2D eigenvalue weighted by molar-refractivity contribution is -0.135.